The lowest BCUT2D eigenvalue weighted by Gasteiger charge is -1.95. The van der Waals surface area contributed by atoms with Crippen molar-refractivity contribution < 1.29 is 8.42 Å². The van der Waals surface area contributed by atoms with Crippen molar-refractivity contribution in [1.82, 2.24) is 10.2 Å². The van der Waals surface area contributed by atoms with Crippen LogP contribution in [0.3, 0.4) is 0 Å². The van der Waals surface area contributed by atoms with Crippen LogP contribution in [-0.2, 0) is 15.5 Å². The van der Waals surface area contributed by atoms with E-state index in [1.54, 1.807) is 12.3 Å². The number of aryl methyl sites for hydroxylation is 1. The van der Waals surface area contributed by atoms with Crippen LogP contribution in [0.5, 0.6) is 0 Å². The van der Waals surface area contributed by atoms with Gasteiger partial charge in [-0.1, -0.05) is 0 Å². The average molecular weight is 277 g/mol. The zero-order chi connectivity index (χ0) is 11.8. The molecule has 0 saturated carbocycles. The molecule has 0 bridgehead atoms. The largest absolute Gasteiger partial charge is 0.282 e. The summed E-state index contributed by atoms with van der Waals surface area (Å²) in [5.74, 6) is 0. The molecule has 0 aliphatic carbocycles. The number of hydrogen-bond donors (Lipinski definition) is 1. The molecule has 0 amide bonds. The Morgan fingerprint density at radius 2 is 2.25 bits per heavy atom. The number of rotatable bonds is 3. The van der Waals surface area contributed by atoms with Crippen LogP contribution in [0.15, 0.2) is 22.5 Å². The first kappa shape index (κ1) is 11.6. The molecule has 0 unspecified atom stereocenters. The number of aromatic amines is 1. The van der Waals surface area contributed by atoms with Crippen LogP contribution in [0, 0.1) is 6.92 Å². The van der Waals surface area contributed by atoms with Gasteiger partial charge in [-0.25, -0.2) is 8.42 Å². The van der Waals surface area contributed by atoms with E-state index in [2.05, 4.69) is 10.2 Å². The third-order valence-electron chi connectivity index (χ3n) is 2.16. The molecule has 86 valence electrons. The number of nitrogens with zero attached hydrogens (tertiary/aromatic N) is 1. The molecule has 2 rings (SSSR count). The molecule has 0 aromatic carbocycles. The molecule has 0 aliphatic heterocycles. The number of nitrogens with one attached hydrogen (secondary N) is 1. The topological polar surface area (TPSA) is 62.8 Å². The Hall–Kier alpha value is -0.850. The van der Waals surface area contributed by atoms with Gasteiger partial charge in [-0.15, -0.1) is 11.3 Å². The van der Waals surface area contributed by atoms with Gasteiger partial charge >= 0.3 is 0 Å². The average Bonchev–Trinajstić information content (AvgIpc) is 2.76. The Morgan fingerprint density at radius 3 is 2.75 bits per heavy atom. The van der Waals surface area contributed by atoms with E-state index in [1.807, 2.05) is 6.92 Å². The third kappa shape index (κ3) is 2.45. The zero-order valence-corrected chi connectivity index (χ0v) is 10.8. The van der Waals surface area contributed by atoms with Crippen molar-refractivity contribution in [2.75, 3.05) is 0 Å². The molecule has 0 spiro atoms. The monoisotopic (exact) mass is 276 g/mol. The first-order valence-corrected chi connectivity index (χ1v) is 7.61. The molecule has 16 heavy (non-hydrogen) atoms. The summed E-state index contributed by atoms with van der Waals surface area (Å²) in [6.45, 7) is 1.95. The molecule has 0 atom stereocenters. The Balaban J connectivity index is 2.25. The highest BCUT2D eigenvalue weighted by Gasteiger charge is 2.13. The van der Waals surface area contributed by atoms with Gasteiger partial charge in [-0.05, 0) is 24.6 Å². The Kier molecular flexibility index (Phi) is 3.05. The molecule has 0 saturated heterocycles. The minimum Gasteiger partial charge on any atom is -0.282 e. The lowest BCUT2D eigenvalue weighted by molar-refractivity contribution is 0.611. The highest BCUT2D eigenvalue weighted by Crippen LogP contribution is 2.26. The molecule has 2 aromatic rings. The molecule has 2 heterocycles. The smallest absolute Gasteiger partial charge is 0.270 e. The number of hydrogen-bond acceptors (Lipinski definition) is 4. The van der Waals surface area contributed by atoms with Gasteiger partial charge in [0.2, 0.25) is 0 Å². The van der Waals surface area contributed by atoms with E-state index in [0.29, 0.717) is 6.42 Å². The van der Waals surface area contributed by atoms with Gasteiger partial charge in [0.25, 0.3) is 9.05 Å². The van der Waals surface area contributed by atoms with Gasteiger partial charge in [0.1, 0.15) is 4.21 Å². The second-order valence-corrected chi connectivity index (χ2v) is 7.33. The van der Waals surface area contributed by atoms with Crippen molar-refractivity contribution in [1.29, 1.82) is 0 Å². The standard InChI is InChI=1S/C9H9ClN2O2S2/c1-6-5-11-12-8(6)4-7-2-3-9(15-7)16(10,13)14/h2-3,5H,4H2,1H3,(H,11,12). The van der Waals surface area contributed by atoms with E-state index in [1.165, 1.54) is 17.4 Å². The summed E-state index contributed by atoms with van der Waals surface area (Å²) >= 11 is 1.18. The molecule has 1 N–H and O–H groups in total. The van der Waals surface area contributed by atoms with Crippen LogP contribution in [0.4, 0.5) is 0 Å². The van der Waals surface area contributed by atoms with Gasteiger partial charge in [0.05, 0.1) is 6.20 Å². The molecule has 4 nitrogen and oxygen atoms in total. The Bertz CT molecular complexity index is 601. The van der Waals surface area contributed by atoms with Gasteiger partial charge < -0.3 is 0 Å². The minimum absolute atomic E-state index is 0.182. The van der Waals surface area contributed by atoms with Crippen molar-refractivity contribution in [2.45, 2.75) is 17.6 Å². The van der Waals surface area contributed by atoms with Crippen LogP contribution in [0.25, 0.3) is 0 Å². The van der Waals surface area contributed by atoms with Crippen LogP contribution in [-0.4, -0.2) is 18.6 Å². The normalized spacial score (nSPS) is 11.9. The first-order chi connectivity index (χ1) is 7.47. The summed E-state index contributed by atoms with van der Waals surface area (Å²) in [4.78, 5) is 0.937. The van der Waals surface area contributed by atoms with Crippen LogP contribution >= 0.6 is 22.0 Å². The predicted octanol–water partition coefficient (Wildman–Crippen LogP) is 2.30. The van der Waals surface area contributed by atoms with E-state index >= 15 is 0 Å². The van der Waals surface area contributed by atoms with E-state index < -0.39 is 9.05 Å². The molecular formula is C9H9ClN2O2S2. The molecule has 0 radical (unpaired) electrons. The summed E-state index contributed by atoms with van der Waals surface area (Å²) in [5, 5.41) is 6.78. The van der Waals surface area contributed by atoms with Gasteiger partial charge in [0, 0.05) is 27.7 Å². The zero-order valence-electron chi connectivity index (χ0n) is 8.40. The third-order valence-corrected chi connectivity index (χ3v) is 5.34. The Labute approximate surface area is 102 Å². The SMILES string of the molecule is Cc1cn[nH]c1Cc1ccc(S(=O)(=O)Cl)s1. The van der Waals surface area contributed by atoms with Crippen LogP contribution in [0.1, 0.15) is 16.1 Å². The van der Waals surface area contributed by atoms with Gasteiger partial charge in [-0.3, -0.25) is 5.10 Å². The predicted molar refractivity (Wildman–Crippen MR) is 63.5 cm³/mol. The number of H-pyrrole nitrogens is 1. The summed E-state index contributed by atoms with van der Waals surface area (Å²) in [6, 6.07) is 3.29. The second kappa shape index (κ2) is 4.20. The summed E-state index contributed by atoms with van der Waals surface area (Å²) in [6.07, 6.45) is 2.38. The lowest BCUT2D eigenvalue weighted by atomic mass is 10.2. The molecule has 2 aromatic heterocycles. The lowest BCUT2D eigenvalue weighted by Crippen LogP contribution is -1.87. The van der Waals surface area contributed by atoms with E-state index in [9.17, 15) is 8.42 Å². The van der Waals surface area contributed by atoms with Crippen LogP contribution < -0.4 is 0 Å². The molecular weight excluding hydrogens is 268 g/mol. The number of thiophene rings is 1. The van der Waals surface area contributed by atoms with Crippen molar-refractivity contribution in [3.8, 4) is 0 Å². The number of halogens is 1. The maximum absolute atomic E-state index is 11.1. The summed E-state index contributed by atoms with van der Waals surface area (Å²) in [7, 11) is 1.64. The van der Waals surface area contributed by atoms with Crippen molar-refractivity contribution in [2.24, 2.45) is 0 Å². The number of aromatic nitrogens is 2. The maximum atomic E-state index is 11.1. The fourth-order valence-corrected chi connectivity index (χ4v) is 3.45. The van der Waals surface area contributed by atoms with E-state index in [4.69, 9.17) is 10.7 Å². The fraction of sp³-hybridized carbons (Fsp3) is 0.222. The maximum Gasteiger partial charge on any atom is 0.270 e. The van der Waals surface area contributed by atoms with Crippen molar-refractivity contribution in [3.05, 3.63) is 34.5 Å². The van der Waals surface area contributed by atoms with Crippen molar-refractivity contribution in [3.63, 3.8) is 0 Å². The van der Waals surface area contributed by atoms with Crippen molar-refractivity contribution >= 4 is 31.1 Å². The summed E-state index contributed by atoms with van der Waals surface area (Å²) in [5.41, 5.74) is 2.05. The molecule has 7 heteroatoms. The van der Waals surface area contributed by atoms with E-state index in [0.717, 1.165) is 16.1 Å². The summed E-state index contributed by atoms with van der Waals surface area (Å²) < 4.78 is 22.3. The van der Waals surface area contributed by atoms with Gasteiger partial charge in [0.15, 0.2) is 0 Å². The van der Waals surface area contributed by atoms with Gasteiger partial charge in [-0.2, -0.15) is 5.10 Å². The molecule has 0 aliphatic rings. The first-order valence-electron chi connectivity index (χ1n) is 4.49. The highest BCUT2D eigenvalue weighted by atomic mass is 35.7. The molecule has 0 fully saturated rings. The van der Waals surface area contributed by atoms with E-state index in [-0.39, 0.29) is 4.21 Å². The highest BCUT2D eigenvalue weighted by molar-refractivity contribution is 8.15. The second-order valence-electron chi connectivity index (χ2n) is 3.37. The fourth-order valence-electron chi connectivity index (χ4n) is 1.31. The Morgan fingerprint density at radius 1 is 1.50 bits per heavy atom. The van der Waals surface area contributed by atoms with Crippen LogP contribution in [0.2, 0.25) is 0 Å². The quantitative estimate of drug-likeness (QED) is 0.875. The minimum atomic E-state index is -3.61.